The molecule has 3 N–H and O–H groups in total. The van der Waals surface area contributed by atoms with Crippen LogP contribution in [0.1, 0.15) is 56.9 Å². The molecular formula is C43H55NO12. The van der Waals surface area contributed by atoms with Gasteiger partial charge in [-0.25, -0.2) is 0 Å². The van der Waals surface area contributed by atoms with Crippen molar-refractivity contribution in [3.05, 3.63) is 72.3 Å². The molecule has 5 rings (SSSR count). The first-order chi connectivity index (χ1) is 27.4. The number of benzene rings is 3. The molecule has 56 heavy (non-hydrogen) atoms. The fraction of sp³-hybridized carbons (Fsp3) is 0.512. The van der Waals surface area contributed by atoms with Crippen LogP contribution in [-0.4, -0.2) is 94.4 Å². The van der Waals surface area contributed by atoms with Crippen molar-refractivity contribution in [2.75, 3.05) is 66.1 Å². The van der Waals surface area contributed by atoms with Gasteiger partial charge < -0.3 is 53.5 Å². The maximum absolute atomic E-state index is 12.8. The van der Waals surface area contributed by atoms with Crippen LogP contribution in [0.4, 0.5) is 0 Å². The highest BCUT2D eigenvalue weighted by Crippen LogP contribution is 2.34. The van der Waals surface area contributed by atoms with Gasteiger partial charge in [-0.05, 0) is 130 Å². The topological polar surface area (TPSA) is 172 Å². The molecule has 0 saturated heterocycles. The Hall–Kier alpha value is -4.69. The molecule has 2 fully saturated rings. The van der Waals surface area contributed by atoms with Gasteiger partial charge in [0.05, 0.1) is 64.7 Å². The molecule has 13 nitrogen and oxygen atoms in total. The fourth-order valence-corrected chi connectivity index (χ4v) is 6.79. The summed E-state index contributed by atoms with van der Waals surface area (Å²) in [5, 5.41) is 25.5. The molecule has 3 aromatic rings. The number of hydrogen-bond donors (Lipinski definition) is 3. The second-order valence-corrected chi connectivity index (χ2v) is 14.1. The number of hydrogen-bond acceptors (Lipinski definition) is 13. The summed E-state index contributed by atoms with van der Waals surface area (Å²) < 4.78 is 45.1. The van der Waals surface area contributed by atoms with Gasteiger partial charge in [-0.15, -0.1) is 0 Å². The molecule has 0 bridgehead atoms. The van der Waals surface area contributed by atoms with Crippen LogP contribution in [0, 0.1) is 29.1 Å². The molecule has 3 aromatic carbocycles. The van der Waals surface area contributed by atoms with E-state index in [0.717, 1.165) is 51.4 Å². The standard InChI is InChI=1S/C43H55NO12/c44-28-35-27-40(53-29-31-1-5-33(6-2-31)42(47)55-38-13-9-36(10-14-38)51-25-23-49-21-19-45)17-18-41(35)54-30-32-3-7-34(8-4-32)43(48)56-39-15-11-37(12-16-39)52-26-24-50-22-20-46/h9-18,27-28,31-34,44-46H,1-8,19-26,29-30H2. The van der Waals surface area contributed by atoms with Crippen molar-refractivity contribution in [1.82, 2.24) is 0 Å². The van der Waals surface area contributed by atoms with Crippen molar-refractivity contribution in [3.63, 3.8) is 0 Å². The number of aliphatic hydroxyl groups excluding tert-OH is 2. The number of nitrogens with one attached hydrogen (secondary N) is 1. The first kappa shape index (κ1) is 42.5. The lowest BCUT2D eigenvalue weighted by molar-refractivity contribution is -0.141. The minimum absolute atomic E-state index is 0.0228. The van der Waals surface area contributed by atoms with Crippen LogP contribution in [0.2, 0.25) is 0 Å². The second kappa shape index (κ2) is 23.4. The van der Waals surface area contributed by atoms with Crippen LogP contribution in [0.3, 0.4) is 0 Å². The van der Waals surface area contributed by atoms with E-state index in [0.29, 0.717) is 91.5 Å². The van der Waals surface area contributed by atoms with Crippen molar-refractivity contribution in [3.8, 4) is 34.5 Å². The Morgan fingerprint density at radius 1 is 0.536 bits per heavy atom. The number of ether oxygens (including phenoxy) is 8. The molecule has 13 heteroatoms. The number of aliphatic hydroxyl groups is 2. The maximum Gasteiger partial charge on any atom is 0.314 e. The zero-order valence-corrected chi connectivity index (χ0v) is 31.9. The molecule has 0 amide bonds. The average molecular weight is 778 g/mol. The summed E-state index contributed by atoms with van der Waals surface area (Å²) in [6.07, 6.45) is 7.60. The predicted octanol–water partition coefficient (Wildman–Crippen LogP) is 6.04. The monoisotopic (exact) mass is 777 g/mol. The number of carbonyl (C=O) groups excluding carboxylic acids is 2. The van der Waals surface area contributed by atoms with E-state index >= 15 is 0 Å². The highest BCUT2D eigenvalue weighted by Gasteiger charge is 2.29. The third kappa shape index (κ3) is 14.1. The Kier molecular flexibility index (Phi) is 17.7. The molecule has 2 aliphatic carbocycles. The van der Waals surface area contributed by atoms with Gasteiger partial charge in [-0.1, -0.05) is 0 Å². The number of carbonyl (C=O) groups is 2. The van der Waals surface area contributed by atoms with E-state index < -0.39 is 0 Å². The Balaban J connectivity index is 0.957. The lowest BCUT2D eigenvalue weighted by atomic mass is 9.82. The minimum atomic E-state index is -0.226. The van der Waals surface area contributed by atoms with E-state index in [4.69, 9.17) is 53.5 Å². The van der Waals surface area contributed by atoms with Gasteiger partial charge in [0.2, 0.25) is 0 Å². The summed E-state index contributed by atoms with van der Waals surface area (Å²) in [4.78, 5) is 25.7. The Morgan fingerprint density at radius 2 is 0.964 bits per heavy atom. The van der Waals surface area contributed by atoms with Crippen LogP contribution in [0.25, 0.3) is 0 Å². The third-order valence-corrected chi connectivity index (χ3v) is 10.0. The quantitative estimate of drug-likeness (QED) is 0.0442. The summed E-state index contributed by atoms with van der Waals surface area (Å²) in [6.45, 7) is 3.03. The van der Waals surface area contributed by atoms with E-state index in [2.05, 4.69) is 0 Å². The Morgan fingerprint density at radius 3 is 1.41 bits per heavy atom. The highest BCUT2D eigenvalue weighted by molar-refractivity contribution is 5.82. The molecule has 2 aliphatic rings. The molecule has 0 aromatic heterocycles. The normalized spacial score (nSPS) is 19.4. The van der Waals surface area contributed by atoms with E-state index in [1.54, 1.807) is 48.5 Å². The lowest BCUT2D eigenvalue weighted by Crippen LogP contribution is -2.28. The Bertz CT molecular complexity index is 1620. The van der Waals surface area contributed by atoms with Crippen LogP contribution < -0.4 is 28.4 Å². The van der Waals surface area contributed by atoms with E-state index in [1.807, 2.05) is 18.2 Å². The number of rotatable bonds is 23. The summed E-state index contributed by atoms with van der Waals surface area (Å²) in [7, 11) is 0. The molecule has 2 saturated carbocycles. The summed E-state index contributed by atoms with van der Waals surface area (Å²) >= 11 is 0. The Labute approximate surface area is 328 Å². The van der Waals surface area contributed by atoms with Crippen LogP contribution in [0.5, 0.6) is 34.5 Å². The molecule has 304 valence electrons. The van der Waals surface area contributed by atoms with E-state index in [9.17, 15) is 9.59 Å². The maximum atomic E-state index is 12.8. The van der Waals surface area contributed by atoms with Crippen LogP contribution in [0.15, 0.2) is 66.7 Å². The molecule has 0 atom stereocenters. The first-order valence-corrected chi connectivity index (χ1v) is 19.6. The summed E-state index contributed by atoms with van der Waals surface area (Å²) in [5.74, 6) is 3.40. The zero-order chi connectivity index (χ0) is 39.4. The zero-order valence-electron chi connectivity index (χ0n) is 31.9. The molecule has 0 heterocycles. The number of esters is 2. The largest absolute Gasteiger partial charge is 0.493 e. The third-order valence-electron chi connectivity index (χ3n) is 10.0. The van der Waals surface area contributed by atoms with Gasteiger partial charge >= 0.3 is 11.9 Å². The van der Waals surface area contributed by atoms with Gasteiger partial charge in [-0.3, -0.25) is 9.59 Å². The van der Waals surface area contributed by atoms with Crippen LogP contribution >= 0.6 is 0 Å². The molecule has 0 aliphatic heterocycles. The molecule has 0 spiro atoms. The smallest absolute Gasteiger partial charge is 0.314 e. The fourth-order valence-electron chi connectivity index (χ4n) is 6.79. The molecule has 0 unspecified atom stereocenters. The van der Waals surface area contributed by atoms with Gasteiger partial charge in [0.25, 0.3) is 0 Å². The van der Waals surface area contributed by atoms with Gasteiger partial charge in [-0.2, -0.15) is 0 Å². The van der Waals surface area contributed by atoms with Crippen molar-refractivity contribution >= 4 is 18.2 Å². The van der Waals surface area contributed by atoms with Crippen molar-refractivity contribution in [2.45, 2.75) is 51.4 Å². The first-order valence-electron chi connectivity index (χ1n) is 19.6. The SMILES string of the molecule is N=Cc1cc(OCC2CCC(C(=O)Oc3ccc(OCCOCCO)cc3)CC2)ccc1OCC1CCC(C(=O)Oc2ccc(OCCOCCO)cc2)CC1. The lowest BCUT2D eigenvalue weighted by Gasteiger charge is -2.27. The second-order valence-electron chi connectivity index (χ2n) is 14.1. The molecule has 0 radical (unpaired) electrons. The van der Waals surface area contributed by atoms with E-state index in [1.165, 1.54) is 6.21 Å². The van der Waals surface area contributed by atoms with Gasteiger partial charge in [0.15, 0.2) is 0 Å². The molecular weight excluding hydrogens is 722 g/mol. The van der Waals surface area contributed by atoms with Gasteiger partial charge in [0.1, 0.15) is 47.7 Å². The minimum Gasteiger partial charge on any atom is -0.493 e. The predicted molar refractivity (Wildman–Crippen MR) is 207 cm³/mol. The van der Waals surface area contributed by atoms with E-state index in [-0.39, 0.29) is 50.2 Å². The van der Waals surface area contributed by atoms with Crippen molar-refractivity contribution in [1.29, 1.82) is 5.41 Å². The van der Waals surface area contributed by atoms with Crippen molar-refractivity contribution < 1.29 is 57.7 Å². The summed E-state index contributed by atoms with van der Waals surface area (Å²) in [6, 6.07) is 19.4. The van der Waals surface area contributed by atoms with Gasteiger partial charge in [0, 0.05) is 11.8 Å². The van der Waals surface area contributed by atoms with Crippen LogP contribution in [-0.2, 0) is 19.1 Å². The average Bonchev–Trinajstić information content (AvgIpc) is 3.23. The van der Waals surface area contributed by atoms with Crippen molar-refractivity contribution in [2.24, 2.45) is 23.7 Å². The summed E-state index contributed by atoms with van der Waals surface area (Å²) in [5.41, 5.74) is 0.643. The highest BCUT2D eigenvalue weighted by atomic mass is 16.5.